The normalized spacial score (nSPS) is 21.2. The Morgan fingerprint density at radius 3 is 1.38 bits per heavy atom. The van der Waals surface area contributed by atoms with E-state index in [4.69, 9.17) is 25.7 Å². The molecule has 13 amide bonds. The summed E-state index contributed by atoms with van der Waals surface area (Å²) in [5, 5.41) is 87.2. The van der Waals surface area contributed by atoms with Crippen LogP contribution in [0.1, 0.15) is 87.3 Å². The Balaban J connectivity index is 1.10. The lowest BCUT2D eigenvalue weighted by Crippen LogP contribution is -2.61. The number of H-pyrrole nitrogens is 2. The number of aliphatic carboxylic acids is 1. The number of phenols is 3. The maximum absolute atomic E-state index is 15.3. The Morgan fingerprint density at radius 1 is 0.454 bits per heavy atom. The van der Waals surface area contributed by atoms with Gasteiger partial charge in [-0.1, -0.05) is 131 Å². The van der Waals surface area contributed by atoms with Gasteiger partial charge in [-0.15, -0.1) is 11.8 Å². The zero-order chi connectivity index (χ0) is 93.9. The number of fused-ring (bicyclic) bond motifs is 2. The van der Waals surface area contributed by atoms with Gasteiger partial charge in [-0.05, 0) is 120 Å². The van der Waals surface area contributed by atoms with Crippen molar-refractivity contribution >= 4 is 122 Å². The van der Waals surface area contributed by atoms with E-state index in [0.717, 1.165) is 11.8 Å². The summed E-state index contributed by atoms with van der Waals surface area (Å²) in [5.41, 5.74) is 9.75. The van der Waals surface area contributed by atoms with Gasteiger partial charge in [0.2, 0.25) is 76.8 Å². The van der Waals surface area contributed by atoms with Crippen LogP contribution in [0.4, 0.5) is 0 Å². The summed E-state index contributed by atoms with van der Waals surface area (Å²) in [6, 6.07) is 22.9. The molecule has 0 radical (unpaired) electrons. The lowest BCUT2D eigenvalue weighted by atomic mass is 9.98. The summed E-state index contributed by atoms with van der Waals surface area (Å²) < 4.78 is 10.5. The van der Waals surface area contributed by atoms with Crippen LogP contribution in [-0.4, -0.2) is 243 Å². The van der Waals surface area contributed by atoms with E-state index in [1.165, 1.54) is 79.7 Å². The number of thioether (sulfide) groups is 1. The van der Waals surface area contributed by atoms with Gasteiger partial charge in [0.05, 0.1) is 32.1 Å². The molecule has 23 N–H and O–H groups in total. The number of guanidine groups is 1. The predicted molar refractivity (Wildman–Crippen MR) is 483 cm³/mol. The molecule has 6 aromatic carbocycles. The van der Waals surface area contributed by atoms with Crippen molar-refractivity contribution < 1.29 is 97.0 Å². The minimum atomic E-state index is -1.64. The first-order chi connectivity index (χ1) is 62.2. The average Bonchev–Trinajstić information content (AvgIpc) is 1.64. The standard InChI is InChI=1S/C91H114N18O20S/c1-51(2)38-68-85(122)107-74(44-59-46-97-66-19-12-10-17-64(59)66)89(126)109-79(52(3)4)90(127)102-67(20-13-33-95-91(92)93)83(120)104-69(40-55-21-27-60(110)28-22-55)81(118)98-47-76(113)100-73(43-58-45-96-65-18-11-9-16-63(58)65)88(125)106-72(42-57-25-31-62(112)32-26-57)87(124)105-71(41-56-23-29-61(111)30-24-56)84(121)99-53(5)80(117)108-75(82(119)94-34-35-128-36-37-129-48-78(115)116)49-130-50-77(114)101-70(86(123)103-68)39-54-14-7-6-8-15-54/h6-12,14-19,21-32,45-46,51-53,67-75,79,96-97,110-112H,13,20,33-44,47-50H2,1-5H3,(H,94,119)(H,98,118)(H,99,121)(H,100,113)(H,101,114)(H,102,127)(H,103,123)(H,104,120)(H,105,124)(H,106,125)(H,107,122)(H,108,117)(H,109,126)(H,115,116)(H4,92,93,95)/t53-,67-,68-,69-,70-,71-,72-,73-,74-,75-,79-/m0/s1. The number of para-hydroxylation sites is 2. The van der Waals surface area contributed by atoms with Crippen molar-refractivity contribution in [2.24, 2.45) is 17.6 Å². The molecule has 0 saturated carbocycles. The van der Waals surface area contributed by atoms with Gasteiger partial charge in [0.25, 0.3) is 0 Å². The summed E-state index contributed by atoms with van der Waals surface area (Å²) >= 11 is 0.856. The van der Waals surface area contributed by atoms with Gasteiger partial charge in [0.1, 0.15) is 90.3 Å². The van der Waals surface area contributed by atoms with Crippen molar-refractivity contribution in [1.29, 1.82) is 5.41 Å². The number of ether oxygens (including phenoxy) is 2. The van der Waals surface area contributed by atoms with Crippen molar-refractivity contribution in [3.8, 4) is 17.2 Å². The molecule has 39 heteroatoms. The van der Waals surface area contributed by atoms with E-state index < -0.39 is 180 Å². The number of phenolic OH excluding ortho intramolecular Hbond substituents is 3. The highest BCUT2D eigenvalue weighted by molar-refractivity contribution is 8.00. The Bertz CT molecular complexity index is 5230. The molecule has 3 heterocycles. The summed E-state index contributed by atoms with van der Waals surface area (Å²) in [6.07, 6.45) is 1.59. The van der Waals surface area contributed by atoms with E-state index in [1.54, 1.807) is 119 Å². The molecule has 130 heavy (non-hydrogen) atoms. The molecule has 1 saturated heterocycles. The number of aromatic hydroxyl groups is 3. The number of benzene rings is 6. The Labute approximate surface area is 754 Å². The third kappa shape index (κ3) is 32.0. The van der Waals surface area contributed by atoms with Crippen LogP contribution in [0.15, 0.2) is 164 Å². The summed E-state index contributed by atoms with van der Waals surface area (Å²) in [5.74, 6) is -15.7. The van der Waals surface area contributed by atoms with Gasteiger partial charge in [0, 0.05) is 91.6 Å². The summed E-state index contributed by atoms with van der Waals surface area (Å²) in [6.45, 7) is 6.23. The molecule has 11 atom stereocenters. The fourth-order valence-electron chi connectivity index (χ4n) is 14.3. The van der Waals surface area contributed by atoms with Crippen molar-refractivity contribution in [1.82, 2.24) is 84.4 Å². The molecule has 38 nitrogen and oxygen atoms in total. The van der Waals surface area contributed by atoms with Crippen molar-refractivity contribution in [3.63, 3.8) is 0 Å². The molecule has 1 aliphatic heterocycles. The highest BCUT2D eigenvalue weighted by Crippen LogP contribution is 2.24. The number of aromatic amines is 2. The van der Waals surface area contributed by atoms with Crippen LogP contribution >= 0.6 is 11.8 Å². The second-order valence-corrected chi connectivity index (χ2v) is 33.3. The number of nitrogens with two attached hydrogens (primary N) is 1. The first-order valence-corrected chi connectivity index (χ1v) is 43.8. The highest BCUT2D eigenvalue weighted by atomic mass is 32.2. The molecule has 0 spiro atoms. The van der Waals surface area contributed by atoms with E-state index >= 15 is 33.6 Å². The maximum atomic E-state index is 15.3. The number of carbonyl (C=O) groups excluding carboxylic acids is 13. The predicted octanol–water partition coefficient (Wildman–Crippen LogP) is 0.937. The van der Waals surface area contributed by atoms with Crippen LogP contribution in [-0.2, 0) is 115 Å². The number of amides is 13. The molecule has 0 aliphatic carbocycles. The molecule has 694 valence electrons. The number of hydrogen-bond donors (Lipinski definition) is 22. The lowest BCUT2D eigenvalue weighted by Gasteiger charge is -2.29. The molecule has 8 aromatic rings. The first kappa shape index (κ1) is 99.7. The fourth-order valence-corrected chi connectivity index (χ4v) is 15.2. The van der Waals surface area contributed by atoms with Crippen LogP contribution in [0.3, 0.4) is 0 Å². The van der Waals surface area contributed by atoms with Gasteiger partial charge in [-0.25, -0.2) is 4.79 Å². The fraction of sp³-hybridized carbons (Fsp3) is 0.396. The number of aromatic nitrogens is 2. The summed E-state index contributed by atoms with van der Waals surface area (Å²) in [4.78, 5) is 211. The van der Waals surface area contributed by atoms with Crippen LogP contribution in [0.25, 0.3) is 21.8 Å². The highest BCUT2D eigenvalue weighted by Gasteiger charge is 2.38. The van der Waals surface area contributed by atoms with Gasteiger partial charge in [-0.3, -0.25) is 67.7 Å². The molecular weight excluding hydrogens is 1700 g/mol. The smallest absolute Gasteiger partial charge is 0.329 e. The van der Waals surface area contributed by atoms with E-state index in [2.05, 4.69) is 84.4 Å². The third-order valence-corrected chi connectivity index (χ3v) is 22.2. The SMILES string of the molecule is CC(C)C[C@@H]1NC(=O)[C@H](Cc2ccccc2)NC(=O)CSC[C@@H](C(=O)NCCOCCOCC(=O)O)NC(=O)[C@H](C)NC(=O)[C@H](Cc2ccc(O)cc2)NC(=O)[C@H](Cc2ccc(O)cc2)NC(=O)[C@H](Cc2c[nH]c3ccccc23)NC(=O)CNC(=O)[C@H](Cc2ccc(O)cc2)NC(=O)[C@H](CCCNC(=N)N)NC(=O)[C@H](C(C)C)NC(=O)[C@H](Cc2c[nH]c3ccccc23)NC1=O. The number of hydrogen-bond acceptors (Lipinski definition) is 21. The van der Waals surface area contributed by atoms with Crippen LogP contribution in [0.5, 0.6) is 17.2 Å². The Hall–Kier alpha value is -14.1. The largest absolute Gasteiger partial charge is 0.508 e. The number of carboxylic acid groups (broad SMARTS) is 1. The van der Waals surface area contributed by atoms with E-state index in [0.29, 0.717) is 55.2 Å². The van der Waals surface area contributed by atoms with Gasteiger partial charge in [0.15, 0.2) is 5.96 Å². The quantitative estimate of drug-likeness (QED) is 0.0184. The first-order valence-electron chi connectivity index (χ1n) is 42.6. The second kappa shape index (κ2) is 49.9. The van der Waals surface area contributed by atoms with Gasteiger partial charge in [-0.2, -0.15) is 0 Å². The zero-order valence-electron chi connectivity index (χ0n) is 72.6. The van der Waals surface area contributed by atoms with Crippen molar-refractivity contribution in [3.05, 3.63) is 197 Å². The molecule has 9 rings (SSSR count). The summed E-state index contributed by atoms with van der Waals surface area (Å²) in [7, 11) is 0. The second-order valence-electron chi connectivity index (χ2n) is 32.3. The van der Waals surface area contributed by atoms with E-state index in [1.807, 2.05) is 0 Å². The maximum Gasteiger partial charge on any atom is 0.329 e. The minimum Gasteiger partial charge on any atom is -0.508 e. The molecule has 0 unspecified atom stereocenters. The van der Waals surface area contributed by atoms with Crippen LogP contribution < -0.4 is 80.2 Å². The minimum absolute atomic E-state index is 0.0114. The molecule has 0 bridgehead atoms. The topological polar surface area (TPSA) is 588 Å². The molecule has 1 fully saturated rings. The molecule has 1 aliphatic rings. The third-order valence-electron chi connectivity index (χ3n) is 21.1. The Morgan fingerprint density at radius 2 is 0.877 bits per heavy atom. The molecule has 2 aromatic heterocycles. The number of carbonyl (C=O) groups is 14. The number of carboxylic acids is 1. The monoisotopic (exact) mass is 1810 g/mol. The number of rotatable bonds is 28. The lowest BCUT2D eigenvalue weighted by molar-refractivity contribution is -0.143. The average molecular weight is 1810 g/mol. The van der Waals surface area contributed by atoms with Crippen molar-refractivity contribution in [2.75, 3.05) is 57.6 Å². The Kier molecular flexibility index (Phi) is 38.2. The van der Waals surface area contributed by atoms with Crippen LogP contribution in [0.2, 0.25) is 0 Å². The van der Waals surface area contributed by atoms with Crippen LogP contribution in [0, 0.1) is 17.2 Å². The van der Waals surface area contributed by atoms with E-state index in [-0.39, 0.29) is 120 Å². The number of nitrogens with one attached hydrogen (secondary N) is 17. The van der Waals surface area contributed by atoms with Crippen molar-refractivity contribution in [2.45, 2.75) is 159 Å². The van der Waals surface area contributed by atoms with Gasteiger partial charge < -0.3 is 120 Å². The van der Waals surface area contributed by atoms with Gasteiger partial charge >= 0.3 is 5.97 Å². The zero-order valence-corrected chi connectivity index (χ0v) is 73.4. The van der Waals surface area contributed by atoms with E-state index in [9.17, 15) is 48.9 Å². The molecular formula is C91H114N18O20S.